The Labute approximate surface area is 118 Å². The van der Waals surface area contributed by atoms with Crippen molar-refractivity contribution in [1.82, 2.24) is 5.32 Å². The highest BCUT2D eigenvalue weighted by atomic mass is 14.9. The van der Waals surface area contributed by atoms with Crippen LogP contribution < -0.4 is 5.32 Å². The summed E-state index contributed by atoms with van der Waals surface area (Å²) in [5.41, 5.74) is 4.73. The van der Waals surface area contributed by atoms with E-state index >= 15 is 0 Å². The van der Waals surface area contributed by atoms with Crippen molar-refractivity contribution in [3.63, 3.8) is 0 Å². The van der Waals surface area contributed by atoms with Crippen molar-refractivity contribution in [1.29, 1.82) is 0 Å². The van der Waals surface area contributed by atoms with Crippen molar-refractivity contribution < 1.29 is 0 Å². The average molecular weight is 259 g/mol. The molecule has 0 bridgehead atoms. The third kappa shape index (κ3) is 4.07. The summed E-state index contributed by atoms with van der Waals surface area (Å²) in [5.74, 6) is 0. The quantitative estimate of drug-likeness (QED) is 0.742. The van der Waals surface area contributed by atoms with Crippen LogP contribution in [0.3, 0.4) is 0 Å². The van der Waals surface area contributed by atoms with E-state index in [0.29, 0.717) is 6.04 Å². The first-order valence-corrected chi connectivity index (χ1v) is 8.20. The molecule has 106 valence electrons. The van der Waals surface area contributed by atoms with Gasteiger partial charge in [0.15, 0.2) is 0 Å². The van der Waals surface area contributed by atoms with Gasteiger partial charge in [0.25, 0.3) is 0 Å². The fourth-order valence-corrected chi connectivity index (χ4v) is 3.08. The van der Waals surface area contributed by atoms with E-state index < -0.39 is 0 Å². The molecule has 1 atom stereocenters. The average Bonchev–Trinajstić information content (AvgIpc) is 2.47. The lowest BCUT2D eigenvalue weighted by Crippen LogP contribution is -2.22. The number of fused-ring (bicyclic) bond motifs is 1. The summed E-state index contributed by atoms with van der Waals surface area (Å²) in [6, 6.07) is 7.80. The lowest BCUT2D eigenvalue weighted by atomic mass is 9.88. The van der Waals surface area contributed by atoms with Crippen LogP contribution in [0.2, 0.25) is 0 Å². The Morgan fingerprint density at radius 1 is 1.05 bits per heavy atom. The predicted octanol–water partition coefficient (Wildman–Crippen LogP) is 4.80. The molecule has 2 rings (SSSR count). The van der Waals surface area contributed by atoms with E-state index in [0.717, 1.165) is 6.54 Å². The number of benzene rings is 1. The Kier molecular flexibility index (Phi) is 5.91. The highest BCUT2D eigenvalue weighted by Gasteiger charge is 2.14. The molecule has 1 nitrogen and oxygen atoms in total. The first-order chi connectivity index (χ1) is 9.35. The molecule has 0 saturated carbocycles. The summed E-state index contributed by atoms with van der Waals surface area (Å²) in [7, 11) is 0. The summed E-state index contributed by atoms with van der Waals surface area (Å²) in [5, 5.41) is 3.73. The molecule has 0 spiro atoms. The first-order valence-electron chi connectivity index (χ1n) is 8.20. The number of unbranched alkanes of at least 4 members (excludes halogenated alkanes) is 1. The molecule has 0 fully saturated rings. The van der Waals surface area contributed by atoms with Gasteiger partial charge >= 0.3 is 0 Å². The Hall–Kier alpha value is -0.820. The van der Waals surface area contributed by atoms with E-state index in [9.17, 15) is 0 Å². The SMILES string of the molecule is CCCCC(NCCC)c1ccc2c(c1)CCCC2. The molecule has 1 aliphatic rings. The number of hydrogen-bond donors (Lipinski definition) is 1. The summed E-state index contributed by atoms with van der Waals surface area (Å²) < 4.78 is 0. The maximum atomic E-state index is 3.73. The molecule has 0 heterocycles. The van der Waals surface area contributed by atoms with Gasteiger partial charge in [-0.25, -0.2) is 0 Å². The lowest BCUT2D eigenvalue weighted by molar-refractivity contribution is 0.480. The molecule has 1 unspecified atom stereocenters. The smallest absolute Gasteiger partial charge is 0.0320 e. The van der Waals surface area contributed by atoms with Gasteiger partial charge < -0.3 is 5.32 Å². The molecule has 1 heteroatoms. The van der Waals surface area contributed by atoms with Gasteiger partial charge in [0.2, 0.25) is 0 Å². The molecule has 0 aromatic heterocycles. The van der Waals surface area contributed by atoms with Gasteiger partial charge in [-0.15, -0.1) is 0 Å². The minimum atomic E-state index is 0.562. The molecule has 1 aliphatic carbocycles. The van der Waals surface area contributed by atoms with E-state index in [2.05, 4.69) is 37.4 Å². The molecule has 19 heavy (non-hydrogen) atoms. The lowest BCUT2D eigenvalue weighted by Gasteiger charge is -2.22. The Morgan fingerprint density at radius 3 is 2.58 bits per heavy atom. The van der Waals surface area contributed by atoms with Crippen molar-refractivity contribution in [3.8, 4) is 0 Å². The van der Waals surface area contributed by atoms with Crippen molar-refractivity contribution in [3.05, 3.63) is 34.9 Å². The van der Waals surface area contributed by atoms with Crippen LogP contribution in [0.5, 0.6) is 0 Å². The second-order valence-electron chi connectivity index (χ2n) is 5.88. The largest absolute Gasteiger partial charge is 0.310 e. The fourth-order valence-electron chi connectivity index (χ4n) is 3.08. The maximum absolute atomic E-state index is 3.73. The Balaban J connectivity index is 2.10. The van der Waals surface area contributed by atoms with Crippen LogP contribution in [0.15, 0.2) is 18.2 Å². The van der Waals surface area contributed by atoms with Gasteiger partial charge in [-0.3, -0.25) is 0 Å². The molecule has 0 saturated heterocycles. The molecule has 1 aromatic rings. The van der Waals surface area contributed by atoms with E-state index in [1.54, 1.807) is 11.1 Å². The standard InChI is InChI=1S/C18H29N/c1-3-5-10-18(19-13-4-2)17-12-11-15-8-6-7-9-16(15)14-17/h11-12,14,18-19H,3-10,13H2,1-2H3. The predicted molar refractivity (Wildman–Crippen MR) is 83.6 cm³/mol. The molecule has 0 aliphatic heterocycles. The monoisotopic (exact) mass is 259 g/mol. The maximum Gasteiger partial charge on any atom is 0.0320 e. The van der Waals surface area contributed by atoms with Gasteiger partial charge in [0.1, 0.15) is 0 Å². The van der Waals surface area contributed by atoms with Crippen LogP contribution in [0.4, 0.5) is 0 Å². The highest BCUT2D eigenvalue weighted by molar-refractivity contribution is 5.35. The summed E-state index contributed by atoms with van der Waals surface area (Å²) in [4.78, 5) is 0. The summed E-state index contributed by atoms with van der Waals surface area (Å²) in [6.45, 7) is 5.66. The first kappa shape index (κ1) is 14.6. The molecule has 0 amide bonds. The van der Waals surface area contributed by atoms with Crippen molar-refractivity contribution in [2.45, 2.75) is 71.3 Å². The zero-order chi connectivity index (χ0) is 13.5. The number of hydrogen-bond acceptors (Lipinski definition) is 1. The van der Waals surface area contributed by atoms with Crippen molar-refractivity contribution >= 4 is 0 Å². The topological polar surface area (TPSA) is 12.0 Å². The zero-order valence-corrected chi connectivity index (χ0v) is 12.7. The van der Waals surface area contributed by atoms with Crippen LogP contribution in [-0.4, -0.2) is 6.54 Å². The van der Waals surface area contributed by atoms with Crippen LogP contribution >= 0.6 is 0 Å². The third-order valence-corrected chi connectivity index (χ3v) is 4.26. The van der Waals surface area contributed by atoms with Crippen LogP contribution in [0.1, 0.15) is 75.1 Å². The van der Waals surface area contributed by atoms with Crippen LogP contribution in [-0.2, 0) is 12.8 Å². The summed E-state index contributed by atoms with van der Waals surface area (Å²) in [6.07, 6.45) is 10.4. The minimum Gasteiger partial charge on any atom is -0.310 e. The highest BCUT2D eigenvalue weighted by Crippen LogP contribution is 2.26. The van der Waals surface area contributed by atoms with Crippen molar-refractivity contribution in [2.75, 3.05) is 6.54 Å². The minimum absolute atomic E-state index is 0.562. The zero-order valence-electron chi connectivity index (χ0n) is 12.7. The number of aryl methyl sites for hydroxylation is 2. The molecular formula is C18H29N. The Bertz CT molecular complexity index is 375. The normalized spacial score (nSPS) is 16.1. The molecular weight excluding hydrogens is 230 g/mol. The van der Waals surface area contributed by atoms with E-state index in [4.69, 9.17) is 0 Å². The van der Waals surface area contributed by atoms with E-state index in [-0.39, 0.29) is 0 Å². The third-order valence-electron chi connectivity index (χ3n) is 4.26. The van der Waals surface area contributed by atoms with Crippen LogP contribution in [0, 0.1) is 0 Å². The molecule has 1 aromatic carbocycles. The molecule has 1 N–H and O–H groups in total. The van der Waals surface area contributed by atoms with Gasteiger partial charge in [-0.05, 0) is 61.8 Å². The fraction of sp³-hybridized carbons (Fsp3) is 0.667. The summed E-state index contributed by atoms with van der Waals surface area (Å²) >= 11 is 0. The second kappa shape index (κ2) is 7.69. The Morgan fingerprint density at radius 2 is 1.84 bits per heavy atom. The number of rotatable bonds is 7. The number of nitrogens with one attached hydrogen (secondary N) is 1. The van der Waals surface area contributed by atoms with Gasteiger partial charge in [0.05, 0.1) is 0 Å². The van der Waals surface area contributed by atoms with E-state index in [1.165, 1.54) is 56.9 Å². The van der Waals surface area contributed by atoms with Crippen LogP contribution in [0.25, 0.3) is 0 Å². The van der Waals surface area contributed by atoms with E-state index in [1.807, 2.05) is 0 Å². The second-order valence-corrected chi connectivity index (χ2v) is 5.88. The molecule has 0 radical (unpaired) electrons. The van der Waals surface area contributed by atoms with Gasteiger partial charge in [-0.1, -0.05) is 44.9 Å². The van der Waals surface area contributed by atoms with Gasteiger partial charge in [-0.2, -0.15) is 0 Å². The van der Waals surface area contributed by atoms with Gasteiger partial charge in [0, 0.05) is 6.04 Å². The van der Waals surface area contributed by atoms with Crippen molar-refractivity contribution in [2.24, 2.45) is 0 Å².